The molecule has 1 fully saturated rings. The highest BCUT2D eigenvalue weighted by molar-refractivity contribution is 5.97. The van der Waals surface area contributed by atoms with Gasteiger partial charge in [0.15, 0.2) is 0 Å². The molecule has 2 aromatic rings. The van der Waals surface area contributed by atoms with Crippen LogP contribution in [-0.4, -0.2) is 53.2 Å². The van der Waals surface area contributed by atoms with E-state index in [2.05, 4.69) is 15.2 Å². The standard InChI is InChI=1S/C18H25N3O2/c22-13-15-7-5-11-21(15)10-4-3-9-19-18(23)17-12-14-6-1-2-8-16(14)20-17/h1-2,6,8,12,15,20,22H,3-5,7,9-11,13H2,(H,19,23). The predicted molar refractivity (Wildman–Crippen MR) is 91.5 cm³/mol. The molecule has 1 aromatic carbocycles. The van der Waals surface area contributed by atoms with Gasteiger partial charge in [0, 0.05) is 23.5 Å². The molecule has 124 valence electrons. The summed E-state index contributed by atoms with van der Waals surface area (Å²) in [6, 6.07) is 10.1. The maximum absolute atomic E-state index is 12.1. The highest BCUT2D eigenvalue weighted by Crippen LogP contribution is 2.17. The molecule has 0 aliphatic carbocycles. The van der Waals surface area contributed by atoms with E-state index in [1.54, 1.807) is 0 Å². The van der Waals surface area contributed by atoms with Gasteiger partial charge in [0.2, 0.25) is 0 Å². The van der Waals surface area contributed by atoms with Crippen LogP contribution in [0.5, 0.6) is 0 Å². The van der Waals surface area contributed by atoms with Gasteiger partial charge in [0.1, 0.15) is 5.69 Å². The highest BCUT2D eigenvalue weighted by atomic mass is 16.3. The molecule has 0 spiro atoms. The number of aromatic nitrogens is 1. The van der Waals surface area contributed by atoms with E-state index in [1.165, 1.54) is 6.42 Å². The topological polar surface area (TPSA) is 68.4 Å². The fourth-order valence-corrected chi connectivity index (χ4v) is 3.33. The number of fused-ring (bicyclic) bond motifs is 1. The van der Waals surface area contributed by atoms with Crippen LogP contribution >= 0.6 is 0 Å². The Morgan fingerprint density at radius 1 is 1.35 bits per heavy atom. The van der Waals surface area contributed by atoms with E-state index in [1.807, 2.05) is 30.3 Å². The molecule has 0 saturated carbocycles. The molecule has 1 amide bonds. The minimum Gasteiger partial charge on any atom is -0.395 e. The largest absolute Gasteiger partial charge is 0.395 e. The molecule has 23 heavy (non-hydrogen) atoms. The van der Waals surface area contributed by atoms with Crippen molar-refractivity contribution in [2.45, 2.75) is 31.7 Å². The number of aliphatic hydroxyl groups is 1. The number of aromatic amines is 1. The molecule has 1 aliphatic rings. The van der Waals surface area contributed by atoms with Crippen molar-refractivity contribution in [1.82, 2.24) is 15.2 Å². The molecule has 0 bridgehead atoms. The Morgan fingerprint density at radius 3 is 3.04 bits per heavy atom. The van der Waals surface area contributed by atoms with Crippen LogP contribution in [0.15, 0.2) is 30.3 Å². The van der Waals surface area contributed by atoms with Gasteiger partial charge < -0.3 is 15.4 Å². The second kappa shape index (κ2) is 7.62. The van der Waals surface area contributed by atoms with Gasteiger partial charge in [0.05, 0.1) is 6.61 Å². The van der Waals surface area contributed by atoms with Crippen molar-refractivity contribution in [2.75, 3.05) is 26.2 Å². The van der Waals surface area contributed by atoms with E-state index in [4.69, 9.17) is 0 Å². The van der Waals surface area contributed by atoms with E-state index >= 15 is 0 Å². The average molecular weight is 315 g/mol. The number of hydrogen-bond acceptors (Lipinski definition) is 3. The van der Waals surface area contributed by atoms with Crippen molar-refractivity contribution in [1.29, 1.82) is 0 Å². The minimum atomic E-state index is -0.0457. The Balaban J connectivity index is 1.39. The van der Waals surface area contributed by atoms with Crippen LogP contribution in [0.2, 0.25) is 0 Å². The minimum absolute atomic E-state index is 0.0457. The number of benzene rings is 1. The Hall–Kier alpha value is -1.85. The number of carbonyl (C=O) groups excluding carboxylic acids is 1. The first-order chi connectivity index (χ1) is 11.3. The monoisotopic (exact) mass is 315 g/mol. The fraction of sp³-hybridized carbons (Fsp3) is 0.500. The lowest BCUT2D eigenvalue weighted by atomic mass is 10.2. The van der Waals surface area contributed by atoms with Crippen molar-refractivity contribution in [2.24, 2.45) is 0 Å². The third-order valence-electron chi connectivity index (χ3n) is 4.64. The Labute approximate surface area is 136 Å². The number of amides is 1. The zero-order chi connectivity index (χ0) is 16.1. The van der Waals surface area contributed by atoms with Gasteiger partial charge in [-0.25, -0.2) is 0 Å². The molecular formula is C18H25N3O2. The maximum atomic E-state index is 12.1. The number of likely N-dealkylation sites (tertiary alicyclic amines) is 1. The smallest absolute Gasteiger partial charge is 0.267 e. The van der Waals surface area contributed by atoms with Gasteiger partial charge in [-0.05, 0) is 50.9 Å². The summed E-state index contributed by atoms with van der Waals surface area (Å²) in [5, 5.41) is 13.3. The van der Waals surface area contributed by atoms with Crippen LogP contribution in [0.3, 0.4) is 0 Å². The summed E-state index contributed by atoms with van der Waals surface area (Å²) in [6.45, 7) is 3.04. The van der Waals surface area contributed by atoms with Crippen LogP contribution in [-0.2, 0) is 0 Å². The lowest BCUT2D eigenvalue weighted by Gasteiger charge is -2.22. The van der Waals surface area contributed by atoms with E-state index in [-0.39, 0.29) is 12.5 Å². The van der Waals surface area contributed by atoms with E-state index in [0.717, 1.165) is 43.3 Å². The van der Waals surface area contributed by atoms with E-state index in [0.29, 0.717) is 18.3 Å². The zero-order valence-corrected chi connectivity index (χ0v) is 13.4. The van der Waals surface area contributed by atoms with Gasteiger partial charge in [-0.1, -0.05) is 18.2 Å². The molecule has 3 rings (SSSR count). The van der Waals surface area contributed by atoms with Crippen LogP contribution in [0.1, 0.15) is 36.2 Å². The summed E-state index contributed by atoms with van der Waals surface area (Å²) < 4.78 is 0. The number of unbranched alkanes of at least 4 members (excludes halogenated alkanes) is 1. The molecule has 5 heteroatoms. The highest BCUT2D eigenvalue weighted by Gasteiger charge is 2.22. The summed E-state index contributed by atoms with van der Waals surface area (Å²) in [7, 11) is 0. The number of nitrogens with one attached hydrogen (secondary N) is 2. The summed E-state index contributed by atoms with van der Waals surface area (Å²) in [6.07, 6.45) is 4.29. The molecule has 3 N–H and O–H groups in total. The number of rotatable bonds is 7. The van der Waals surface area contributed by atoms with Gasteiger partial charge in [0.25, 0.3) is 5.91 Å². The summed E-state index contributed by atoms with van der Waals surface area (Å²) in [5.41, 5.74) is 1.60. The van der Waals surface area contributed by atoms with Crippen LogP contribution in [0.4, 0.5) is 0 Å². The Kier molecular flexibility index (Phi) is 5.31. The summed E-state index contributed by atoms with van der Waals surface area (Å²) >= 11 is 0. The normalized spacial score (nSPS) is 18.6. The van der Waals surface area contributed by atoms with Crippen molar-refractivity contribution in [3.63, 3.8) is 0 Å². The number of H-pyrrole nitrogens is 1. The van der Waals surface area contributed by atoms with Gasteiger partial charge in [-0.3, -0.25) is 9.69 Å². The molecule has 1 aromatic heterocycles. The second-order valence-electron chi connectivity index (χ2n) is 6.25. The molecule has 1 aliphatic heterocycles. The maximum Gasteiger partial charge on any atom is 0.267 e. The van der Waals surface area contributed by atoms with Gasteiger partial charge >= 0.3 is 0 Å². The Bertz CT molecular complexity index is 620. The molecular weight excluding hydrogens is 290 g/mol. The third kappa shape index (κ3) is 3.92. The summed E-state index contributed by atoms with van der Waals surface area (Å²) in [5.74, 6) is -0.0457. The van der Waals surface area contributed by atoms with Crippen LogP contribution in [0, 0.1) is 0 Å². The number of hydrogen-bond donors (Lipinski definition) is 3. The molecule has 0 radical (unpaired) electrons. The lowest BCUT2D eigenvalue weighted by Crippen LogP contribution is -2.33. The molecule has 1 unspecified atom stereocenters. The number of aliphatic hydroxyl groups excluding tert-OH is 1. The molecule has 1 saturated heterocycles. The first-order valence-corrected chi connectivity index (χ1v) is 8.49. The number of nitrogens with zero attached hydrogens (tertiary/aromatic N) is 1. The quantitative estimate of drug-likeness (QED) is 0.686. The fourth-order valence-electron chi connectivity index (χ4n) is 3.33. The second-order valence-corrected chi connectivity index (χ2v) is 6.25. The van der Waals surface area contributed by atoms with E-state index in [9.17, 15) is 9.90 Å². The first kappa shape index (κ1) is 16.0. The molecule has 5 nitrogen and oxygen atoms in total. The number of carbonyl (C=O) groups is 1. The number of para-hydroxylation sites is 1. The average Bonchev–Trinajstić information content (AvgIpc) is 3.20. The first-order valence-electron chi connectivity index (χ1n) is 8.49. The van der Waals surface area contributed by atoms with Gasteiger partial charge in [-0.15, -0.1) is 0 Å². The predicted octanol–water partition coefficient (Wildman–Crippen LogP) is 2.13. The summed E-state index contributed by atoms with van der Waals surface area (Å²) in [4.78, 5) is 17.7. The van der Waals surface area contributed by atoms with Crippen molar-refractivity contribution < 1.29 is 9.90 Å². The lowest BCUT2D eigenvalue weighted by molar-refractivity contribution is 0.0948. The zero-order valence-electron chi connectivity index (χ0n) is 13.4. The van der Waals surface area contributed by atoms with E-state index < -0.39 is 0 Å². The van der Waals surface area contributed by atoms with Crippen LogP contribution in [0.25, 0.3) is 10.9 Å². The van der Waals surface area contributed by atoms with Crippen molar-refractivity contribution >= 4 is 16.8 Å². The van der Waals surface area contributed by atoms with Crippen molar-refractivity contribution in [3.05, 3.63) is 36.0 Å². The molecule has 1 atom stereocenters. The SMILES string of the molecule is O=C(NCCCCN1CCCC1CO)c1cc2ccccc2[nH]1. The third-order valence-corrected chi connectivity index (χ3v) is 4.64. The molecule has 2 heterocycles. The van der Waals surface area contributed by atoms with Gasteiger partial charge in [-0.2, -0.15) is 0 Å². The Morgan fingerprint density at radius 2 is 2.22 bits per heavy atom. The van der Waals surface area contributed by atoms with Crippen molar-refractivity contribution in [3.8, 4) is 0 Å². The van der Waals surface area contributed by atoms with Crippen LogP contribution < -0.4 is 5.32 Å².